The summed E-state index contributed by atoms with van der Waals surface area (Å²) in [6, 6.07) is 12.5. The van der Waals surface area contributed by atoms with Gasteiger partial charge in [-0.25, -0.2) is 0 Å². The Morgan fingerprint density at radius 2 is 0.644 bits per heavy atom. The Bertz CT molecular complexity index is 1130. The van der Waals surface area contributed by atoms with Crippen LogP contribution in [0.4, 0.5) is 0 Å². The molecule has 0 unspecified atom stereocenters. The number of aromatic amines is 3. The van der Waals surface area contributed by atoms with E-state index in [-0.39, 0.29) is 0 Å². The van der Waals surface area contributed by atoms with Crippen LogP contribution >= 0.6 is 0 Å². The van der Waals surface area contributed by atoms with Gasteiger partial charge in [0.2, 0.25) is 0 Å². The Labute approximate surface area is 270 Å². The van der Waals surface area contributed by atoms with Crippen LogP contribution in [0.5, 0.6) is 0 Å². The van der Waals surface area contributed by atoms with Gasteiger partial charge < -0.3 is 46.9 Å². The molecule has 0 radical (unpaired) electrons. The molecule has 1 aromatic carbocycles. The summed E-state index contributed by atoms with van der Waals surface area (Å²) in [6.45, 7) is 17.9. The van der Waals surface area contributed by atoms with E-state index in [2.05, 4.69) is 85.8 Å². The van der Waals surface area contributed by atoms with Gasteiger partial charge in [0.05, 0.1) is 0 Å². The standard InChI is InChI=1S/C36H57N9/c1-4-31-34(25-40-19-16-37-22-28-10-7-13-43-28)32(5-2)36(27-42-21-18-39-24-30-12-9-15-45-30)33(6-3)35(31)26-41-20-17-38-23-29-11-8-14-44-29/h7-15,37-45H,4-6,16-27H2,1-3H3. The van der Waals surface area contributed by atoms with Crippen molar-refractivity contribution in [3.63, 3.8) is 0 Å². The summed E-state index contributed by atoms with van der Waals surface area (Å²) < 4.78 is 0. The minimum absolute atomic E-state index is 0.867. The molecule has 0 fully saturated rings. The highest BCUT2D eigenvalue weighted by Crippen LogP contribution is 2.31. The molecule has 0 saturated carbocycles. The second-order valence-electron chi connectivity index (χ2n) is 11.6. The van der Waals surface area contributed by atoms with Gasteiger partial charge in [-0.3, -0.25) is 0 Å². The molecule has 45 heavy (non-hydrogen) atoms. The highest BCUT2D eigenvalue weighted by molar-refractivity contribution is 5.52. The Balaban J connectivity index is 1.41. The molecule has 9 nitrogen and oxygen atoms in total. The van der Waals surface area contributed by atoms with E-state index in [1.165, 1.54) is 50.5 Å². The first kappa shape index (κ1) is 34.7. The molecule has 246 valence electrons. The zero-order valence-corrected chi connectivity index (χ0v) is 27.8. The largest absolute Gasteiger partial charge is 0.364 e. The van der Waals surface area contributed by atoms with E-state index in [0.29, 0.717) is 0 Å². The molecule has 4 aromatic rings. The molecule has 0 atom stereocenters. The van der Waals surface area contributed by atoms with Crippen molar-refractivity contribution >= 4 is 0 Å². The fourth-order valence-corrected chi connectivity index (χ4v) is 6.29. The minimum Gasteiger partial charge on any atom is -0.364 e. The van der Waals surface area contributed by atoms with Crippen LogP contribution in [0, 0.1) is 0 Å². The molecule has 0 amide bonds. The van der Waals surface area contributed by atoms with Gasteiger partial charge >= 0.3 is 0 Å². The van der Waals surface area contributed by atoms with Crippen molar-refractivity contribution in [2.24, 2.45) is 0 Å². The second-order valence-corrected chi connectivity index (χ2v) is 11.6. The van der Waals surface area contributed by atoms with Crippen LogP contribution in [0.1, 0.15) is 71.2 Å². The molecule has 9 heteroatoms. The Morgan fingerprint density at radius 3 is 0.867 bits per heavy atom. The summed E-state index contributed by atoms with van der Waals surface area (Å²) in [5, 5.41) is 22.0. The lowest BCUT2D eigenvalue weighted by molar-refractivity contribution is 0.588. The zero-order valence-electron chi connectivity index (χ0n) is 27.8. The van der Waals surface area contributed by atoms with E-state index in [1.807, 2.05) is 36.8 Å². The first-order valence-corrected chi connectivity index (χ1v) is 17.0. The smallest absolute Gasteiger partial charge is 0.0357 e. The lowest BCUT2D eigenvalue weighted by Crippen LogP contribution is -2.31. The zero-order chi connectivity index (χ0) is 31.5. The van der Waals surface area contributed by atoms with Crippen molar-refractivity contribution < 1.29 is 0 Å². The number of benzene rings is 1. The lowest BCUT2D eigenvalue weighted by Gasteiger charge is -2.27. The Hall–Kier alpha value is -3.18. The van der Waals surface area contributed by atoms with E-state index >= 15 is 0 Å². The van der Waals surface area contributed by atoms with Gasteiger partial charge in [0.25, 0.3) is 0 Å². The monoisotopic (exact) mass is 615 g/mol. The van der Waals surface area contributed by atoms with E-state index in [1.54, 1.807) is 0 Å². The summed E-state index contributed by atoms with van der Waals surface area (Å²) in [7, 11) is 0. The number of hydrogen-bond acceptors (Lipinski definition) is 6. The normalized spacial score (nSPS) is 11.5. The minimum atomic E-state index is 0.867. The maximum atomic E-state index is 3.78. The summed E-state index contributed by atoms with van der Waals surface area (Å²) in [6.07, 6.45) is 9.06. The lowest BCUT2D eigenvalue weighted by atomic mass is 9.83. The molecule has 3 heterocycles. The molecular weight excluding hydrogens is 558 g/mol. The predicted molar refractivity (Wildman–Crippen MR) is 187 cm³/mol. The number of rotatable bonds is 24. The van der Waals surface area contributed by atoms with Crippen molar-refractivity contribution in [1.29, 1.82) is 0 Å². The summed E-state index contributed by atoms with van der Waals surface area (Å²) in [5.74, 6) is 0. The van der Waals surface area contributed by atoms with Gasteiger partial charge in [0.15, 0.2) is 0 Å². The van der Waals surface area contributed by atoms with Crippen LogP contribution in [0.3, 0.4) is 0 Å². The third-order valence-corrected chi connectivity index (χ3v) is 8.52. The number of aromatic nitrogens is 3. The number of H-pyrrole nitrogens is 3. The maximum Gasteiger partial charge on any atom is 0.0357 e. The highest BCUT2D eigenvalue weighted by atomic mass is 15.0. The fraction of sp³-hybridized carbons (Fsp3) is 0.500. The molecule has 0 spiro atoms. The van der Waals surface area contributed by atoms with Gasteiger partial charge in [0.1, 0.15) is 0 Å². The number of nitrogens with one attached hydrogen (secondary N) is 9. The van der Waals surface area contributed by atoms with Crippen LogP contribution in [0.2, 0.25) is 0 Å². The summed E-state index contributed by atoms with van der Waals surface area (Å²) in [4.78, 5) is 9.81. The Kier molecular flexibility index (Phi) is 15.5. The fourth-order valence-electron chi connectivity index (χ4n) is 6.29. The third kappa shape index (κ3) is 11.0. The third-order valence-electron chi connectivity index (χ3n) is 8.52. The van der Waals surface area contributed by atoms with Gasteiger partial charge in [0, 0.05) is 114 Å². The first-order chi connectivity index (χ1) is 22.2. The topological polar surface area (TPSA) is 120 Å². The van der Waals surface area contributed by atoms with Crippen LogP contribution in [0.15, 0.2) is 55.0 Å². The SMILES string of the molecule is CCc1c(CNCCNCc2ccc[nH]2)c(CC)c(CNCCNCc2ccc[nH]2)c(CC)c1CNCCNCc1ccc[nH]1. The molecule has 0 bridgehead atoms. The van der Waals surface area contributed by atoms with Crippen molar-refractivity contribution in [3.05, 3.63) is 105 Å². The van der Waals surface area contributed by atoms with Crippen LogP contribution < -0.4 is 31.9 Å². The van der Waals surface area contributed by atoms with Gasteiger partial charge in [-0.15, -0.1) is 0 Å². The van der Waals surface area contributed by atoms with E-state index in [9.17, 15) is 0 Å². The van der Waals surface area contributed by atoms with Crippen LogP contribution in [-0.2, 0) is 58.5 Å². The summed E-state index contributed by atoms with van der Waals surface area (Å²) in [5.41, 5.74) is 12.8. The average Bonchev–Trinajstić information content (AvgIpc) is 3.87. The van der Waals surface area contributed by atoms with Crippen LogP contribution in [-0.4, -0.2) is 54.2 Å². The molecule has 0 saturated heterocycles. The molecule has 0 aliphatic rings. The summed E-state index contributed by atoms with van der Waals surface area (Å²) >= 11 is 0. The quantitative estimate of drug-likeness (QED) is 0.0550. The van der Waals surface area contributed by atoms with Gasteiger partial charge in [-0.1, -0.05) is 20.8 Å². The van der Waals surface area contributed by atoms with Crippen molar-refractivity contribution in [3.8, 4) is 0 Å². The molecular formula is C36H57N9. The molecule has 9 N–H and O–H groups in total. The van der Waals surface area contributed by atoms with Crippen molar-refractivity contribution in [2.75, 3.05) is 39.3 Å². The molecule has 4 rings (SSSR count). The van der Waals surface area contributed by atoms with Crippen LogP contribution in [0.25, 0.3) is 0 Å². The molecule has 0 aliphatic heterocycles. The Morgan fingerprint density at radius 1 is 0.378 bits per heavy atom. The van der Waals surface area contributed by atoms with E-state index in [4.69, 9.17) is 0 Å². The first-order valence-electron chi connectivity index (χ1n) is 17.0. The molecule has 3 aromatic heterocycles. The highest BCUT2D eigenvalue weighted by Gasteiger charge is 2.21. The van der Waals surface area contributed by atoms with Crippen molar-refractivity contribution in [2.45, 2.75) is 79.3 Å². The maximum absolute atomic E-state index is 3.78. The predicted octanol–water partition coefficient (Wildman–Crippen LogP) is 4.00. The van der Waals surface area contributed by atoms with E-state index < -0.39 is 0 Å². The average molecular weight is 616 g/mol. The second kappa shape index (κ2) is 20.0. The number of hydrogen-bond donors (Lipinski definition) is 9. The van der Waals surface area contributed by atoms with Gasteiger partial charge in [-0.05, 0) is 89.0 Å². The van der Waals surface area contributed by atoms with Crippen molar-refractivity contribution in [1.82, 2.24) is 46.9 Å². The van der Waals surface area contributed by atoms with E-state index in [0.717, 1.165) is 97.8 Å². The van der Waals surface area contributed by atoms with Gasteiger partial charge in [-0.2, -0.15) is 0 Å². The molecule has 0 aliphatic carbocycles.